The molecule has 0 aliphatic carbocycles. The number of amides is 3. The summed E-state index contributed by atoms with van der Waals surface area (Å²) in [7, 11) is 3.52. The van der Waals surface area contributed by atoms with Crippen LogP contribution in [0.4, 0.5) is 11.5 Å². The van der Waals surface area contributed by atoms with E-state index in [-0.39, 0.29) is 17.2 Å². The summed E-state index contributed by atoms with van der Waals surface area (Å²) in [4.78, 5) is 46.1. The largest absolute Gasteiger partial charge is 0.350 e. The highest BCUT2D eigenvalue weighted by Gasteiger charge is 2.45. The lowest BCUT2D eigenvalue weighted by Gasteiger charge is -2.26. The van der Waals surface area contributed by atoms with E-state index in [1.54, 1.807) is 52.6 Å². The SMILES string of the molecule is CC(=O)N(C(C)=O)c1cn(C)c2c1C(=O)N(c1cc(C)c3nnn(C)c3n1)C2c1ccc(Cl)cc1. The third kappa shape index (κ3) is 3.40. The summed E-state index contributed by atoms with van der Waals surface area (Å²) in [6.07, 6.45) is 1.64. The third-order valence-electron chi connectivity index (χ3n) is 6.20. The van der Waals surface area contributed by atoms with Gasteiger partial charge in [-0.15, -0.1) is 5.10 Å². The van der Waals surface area contributed by atoms with Gasteiger partial charge < -0.3 is 4.57 Å². The molecular weight excluding hydrogens is 470 g/mol. The second kappa shape index (κ2) is 8.02. The van der Waals surface area contributed by atoms with Gasteiger partial charge in [-0.2, -0.15) is 0 Å². The molecule has 4 aromatic rings. The summed E-state index contributed by atoms with van der Waals surface area (Å²) >= 11 is 6.14. The van der Waals surface area contributed by atoms with Crippen molar-refractivity contribution in [3.63, 3.8) is 0 Å². The van der Waals surface area contributed by atoms with Gasteiger partial charge in [-0.05, 0) is 36.2 Å². The number of benzene rings is 1. The molecule has 178 valence electrons. The number of halogens is 1. The van der Waals surface area contributed by atoms with Crippen molar-refractivity contribution in [2.45, 2.75) is 26.8 Å². The molecule has 0 spiro atoms. The Morgan fingerprint density at radius 3 is 2.37 bits per heavy atom. The molecule has 0 N–H and O–H groups in total. The number of imide groups is 1. The normalized spacial score (nSPS) is 15.1. The van der Waals surface area contributed by atoms with Crippen LogP contribution in [-0.2, 0) is 23.7 Å². The molecule has 5 rings (SSSR count). The van der Waals surface area contributed by atoms with E-state index in [1.165, 1.54) is 13.8 Å². The van der Waals surface area contributed by atoms with E-state index in [2.05, 4.69) is 10.3 Å². The molecule has 0 fully saturated rings. The van der Waals surface area contributed by atoms with Gasteiger partial charge in [0, 0.05) is 39.2 Å². The summed E-state index contributed by atoms with van der Waals surface area (Å²) in [5, 5.41) is 8.77. The Hall–Kier alpha value is -4.05. The number of pyridine rings is 1. The first-order valence-electron chi connectivity index (χ1n) is 10.9. The number of hydrogen-bond acceptors (Lipinski definition) is 6. The molecule has 1 aliphatic rings. The van der Waals surface area contributed by atoms with Crippen LogP contribution in [0.15, 0.2) is 36.5 Å². The van der Waals surface area contributed by atoms with Gasteiger partial charge in [0.05, 0.1) is 16.9 Å². The van der Waals surface area contributed by atoms with E-state index in [0.29, 0.717) is 27.7 Å². The van der Waals surface area contributed by atoms with Crippen molar-refractivity contribution >= 4 is 52.0 Å². The maximum Gasteiger partial charge on any atom is 0.264 e. The average Bonchev–Trinajstić information content (AvgIpc) is 3.42. The highest BCUT2D eigenvalue weighted by atomic mass is 35.5. The lowest BCUT2D eigenvalue weighted by molar-refractivity contribution is -0.124. The summed E-state index contributed by atoms with van der Waals surface area (Å²) in [5.74, 6) is -0.915. The molecule has 0 radical (unpaired) electrons. The lowest BCUT2D eigenvalue weighted by Crippen LogP contribution is -2.35. The van der Waals surface area contributed by atoms with Crippen molar-refractivity contribution < 1.29 is 14.4 Å². The van der Waals surface area contributed by atoms with Gasteiger partial charge >= 0.3 is 0 Å². The molecule has 3 amide bonds. The van der Waals surface area contributed by atoms with Crippen molar-refractivity contribution in [3.8, 4) is 0 Å². The number of rotatable bonds is 3. The molecule has 35 heavy (non-hydrogen) atoms. The van der Waals surface area contributed by atoms with E-state index < -0.39 is 17.9 Å². The molecule has 0 saturated carbocycles. The van der Waals surface area contributed by atoms with E-state index in [1.807, 2.05) is 19.1 Å². The molecule has 11 heteroatoms. The molecule has 1 unspecified atom stereocenters. The van der Waals surface area contributed by atoms with Crippen LogP contribution in [0.2, 0.25) is 5.02 Å². The molecule has 1 aromatic carbocycles. The maximum atomic E-state index is 14.1. The Kier molecular flexibility index (Phi) is 5.21. The number of hydrogen-bond donors (Lipinski definition) is 0. The zero-order valence-corrected chi connectivity index (χ0v) is 20.5. The van der Waals surface area contributed by atoms with Crippen molar-refractivity contribution in [3.05, 3.63) is 63.9 Å². The maximum absolute atomic E-state index is 14.1. The molecule has 1 atom stereocenters. The van der Waals surface area contributed by atoms with Crippen LogP contribution in [-0.4, -0.2) is 42.3 Å². The molecule has 3 aromatic heterocycles. The minimum Gasteiger partial charge on any atom is -0.350 e. The number of aromatic nitrogens is 5. The summed E-state index contributed by atoms with van der Waals surface area (Å²) in [6, 6.07) is 8.42. The van der Waals surface area contributed by atoms with Crippen LogP contribution < -0.4 is 9.80 Å². The Labute approximate surface area is 205 Å². The Bertz CT molecular complexity index is 1520. The van der Waals surface area contributed by atoms with Gasteiger partial charge in [0.15, 0.2) is 5.65 Å². The lowest BCUT2D eigenvalue weighted by atomic mass is 10.0. The Morgan fingerprint density at radius 2 is 1.74 bits per heavy atom. The zero-order valence-electron chi connectivity index (χ0n) is 19.8. The smallest absolute Gasteiger partial charge is 0.264 e. The Balaban J connectivity index is 1.78. The van der Waals surface area contributed by atoms with E-state index >= 15 is 0 Å². The predicted octanol–water partition coefficient (Wildman–Crippen LogP) is 3.31. The van der Waals surface area contributed by atoms with Crippen LogP contribution in [0.25, 0.3) is 11.2 Å². The molecule has 4 heterocycles. The third-order valence-corrected chi connectivity index (χ3v) is 6.45. The average molecular weight is 492 g/mol. The van der Waals surface area contributed by atoms with Gasteiger partial charge in [0.1, 0.15) is 17.4 Å². The van der Waals surface area contributed by atoms with Crippen LogP contribution >= 0.6 is 11.6 Å². The second-order valence-electron chi connectivity index (χ2n) is 8.57. The van der Waals surface area contributed by atoms with E-state index in [9.17, 15) is 14.4 Å². The van der Waals surface area contributed by atoms with Crippen molar-refractivity contribution in [1.29, 1.82) is 0 Å². The minimum atomic E-state index is -0.570. The quantitative estimate of drug-likeness (QED) is 0.435. The van der Waals surface area contributed by atoms with Crippen LogP contribution in [0.1, 0.15) is 47.1 Å². The van der Waals surface area contributed by atoms with E-state index in [4.69, 9.17) is 16.6 Å². The van der Waals surface area contributed by atoms with Gasteiger partial charge in [0.2, 0.25) is 11.8 Å². The van der Waals surface area contributed by atoms with Crippen molar-refractivity contribution in [1.82, 2.24) is 24.5 Å². The number of fused-ring (bicyclic) bond motifs is 2. The number of aryl methyl sites for hydroxylation is 3. The topological polar surface area (TPSA) is 106 Å². The molecular formula is C24H22ClN7O3. The fraction of sp³-hybridized carbons (Fsp3) is 0.250. The summed E-state index contributed by atoms with van der Waals surface area (Å²) in [5.41, 5.74) is 3.95. The number of nitrogens with zero attached hydrogens (tertiary/aromatic N) is 7. The fourth-order valence-corrected chi connectivity index (χ4v) is 4.84. The van der Waals surface area contributed by atoms with E-state index in [0.717, 1.165) is 16.0 Å². The number of carbonyl (C=O) groups is 3. The first kappa shape index (κ1) is 22.7. The second-order valence-corrected chi connectivity index (χ2v) is 9.01. The fourth-order valence-electron chi connectivity index (χ4n) is 4.71. The Morgan fingerprint density at radius 1 is 1.09 bits per heavy atom. The monoisotopic (exact) mass is 491 g/mol. The van der Waals surface area contributed by atoms with Gasteiger partial charge in [0.25, 0.3) is 5.91 Å². The van der Waals surface area contributed by atoms with Gasteiger partial charge in [-0.3, -0.25) is 19.3 Å². The van der Waals surface area contributed by atoms with Crippen LogP contribution in [0.5, 0.6) is 0 Å². The van der Waals surface area contributed by atoms with Gasteiger partial charge in [-0.25, -0.2) is 14.6 Å². The standard InChI is InChI=1S/C24H22ClN7O3/c1-12-10-18(26-23-20(12)27-28-30(23)5)32-21(15-6-8-16(25)9-7-15)22-19(24(32)35)17(11-29(22)4)31(13(2)33)14(3)34/h6-11,21H,1-5H3. The first-order chi connectivity index (χ1) is 16.6. The summed E-state index contributed by atoms with van der Waals surface area (Å²) < 4.78 is 3.33. The predicted molar refractivity (Wildman–Crippen MR) is 130 cm³/mol. The minimum absolute atomic E-state index is 0.244. The van der Waals surface area contributed by atoms with Crippen molar-refractivity contribution in [2.24, 2.45) is 14.1 Å². The van der Waals surface area contributed by atoms with Crippen LogP contribution in [0.3, 0.4) is 0 Å². The van der Waals surface area contributed by atoms with Crippen LogP contribution in [0, 0.1) is 6.92 Å². The first-order valence-corrected chi connectivity index (χ1v) is 11.2. The number of anilines is 2. The molecule has 0 bridgehead atoms. The molecule has 1 aliphatic heterocycles. The number of carbonyl (C=O) groups excluding carboxylic acids is 3. The zero-order chi connectivity index (χ0) is 25.2. The summed E-state index contributed by atoms with van der Waals surface area (Å²) in [6.45, 7) is 4.47. The molecule has 0 saturated heterocycles. The highest BCUT2D eigenvalue weighted by molar-refractivity contribution is 6.30. The molecule has 10 nitrogen and oxygen atoms in total. The van der Waals surface area contributed by atoms with Gasteiger partial charge in [-0.1, -0.05) is 28.9 Å². The van der Waals surface area contributed by atoms with Crippen molar-refractivity contribution in [2.75, 3.05) is 9.80 Å². The highest BCUT2D eigenvalue weighted by Crippen LogP contribution is 2.46.